The number of rotatable bonds is 1. The number of hydrogen-bond acceptors (Lipinski definition) is 1. The van der Waals surface area contributed by atoms with E-state index in [-0.39, 0.29) is 21.7 Å². The van der Waals surface area contributed by atoms with Crippen LogP contribution in [-0.4, -0.2) is 7.11 Å². The monoisotopic (exact) mass is 155 g/mol. The Labute approximate surface area is 69.9 Å². The summed E-state index contributed by atoms with van der Waals surface area (Å²) in [6.45, 7) is 0. The van der Waals surface area contributed by atoms with Gasteiger partial charge >= 0.3 is 0 Å². The van der Waals surface area contributed by atoms with E-state index in [4.69, 9.17) is 4.74 Å². The van der Waals surface area contributed by atoms with E-state index in [0.29, 0.717) is 0 Å². The van der Waals surface area contributed by atoms with E-state index in [0.717, 1.165) is 5.75 Å². The van der Waals surface area contributed by atoms with Gasteiger partial charge < -0.3 is 4.74 Å². The molecule has 0 aliphatic carbocycles. The van der Waals surface area contributed by atoms with Gasteiger partial charge in [-0.25, -0.2) is 0 Å². The van der Waals surface area contributed by atoms with Crippen LogP contribution >= 0.6 is 0 Å². The summed E-state index contributed by atoms with van der Waals surface area (Å²) in [4.78, 5) is 0. The molecule has 2 heteroatoms. The third-order valence-corrected chi connectivity index (χ3v) is 0.914. The summed E-state index contributed by atoms with van der Waals surface area (Å²) < 4.78 is 4.88. The van der Waals surface area contributed by atoms with Crippen LogP contribution in [0.5, 0.6) is 5.75 Å². The molecule has 0 N–H and O–H groups in total. The van der Waals surface area contributed by atoms with Gasteiger partial charge in [-0.15, -0.1) is 0 Å². The Bertz CT molecular complexity index is 150. The van der Waals surface area contributed by atoms with Crippen LogP contribution in [0.3, 0.4) is 0 Å². The van der Waals surface area contributed by atoms with Crippen molar-refractivity contribution in [2.45, 2.75) is 0 Å². The van der Waals surface area contributed by atoms with Crippen molar-refractivity contribution in [2.24, 2.45) is 0 Å². The maximum atomic E-state index is 4.88. The van der Waals surface area contributed by atoms with Crippen molar-refractivity contribution in [1.82, 2.24) is 0 Å². The number of hydrogen-bond donors (Lipinski definition) is 0. The van der Waals surface area contributed by atoms with Crippen molar-refractivity contribution in [3.05, 3.63) is 30.3 Å². The van der Waals surface area contributed by atoms with Gasteiger partial charge in [0, 0.05) is 21.7 Å². The molecule has 0 unspecified atom stereocenters. The summed E-state index contributed by atoms with van der Waals surface area (Å²) in [6, 6.07) is 10.3. The van der Waals surface area contributed by atoms with Crippen molar-refractivity contribution in [3.8, 4) is 5.75 Å². The van der Waals surface area contributed by atoms with Gasteiger partial charge in [0.25, 0.3) is 0 Å². The van der Waals surface area contributed by atoms with Crippen molar-refractivity contribution in [2.75, 3.05) is 7.11 Å². The molecule has 1 radical (unpaired) electrons. The number of methoxy groups -OCH3 is 1. The molecule has 0 saturated carbocycles. The van der Waals surface area contributed by atoms with E-state index in [1.165, 1.54) is 0 Å². The first kappa shape index (κ1) is 8.73. The first-order chi connectivity index (χ1) is 3.93. The molecule has 1 aromatic carbocycles. The fourth-order valence-electron chi connectivity index (χ4n) is 0.504. The first-order valence-corrected chi connectivity index (χ1v) is 2.43. The van der Waals surface area contributed by atoms with Gasteiger partial charge in [0.1, 0.15) is 5.75 Å². The van der Waals surface area contributed by atoms with E-state index in [1.807, 2.05) is 18.2 Å². The van der Waals surface area contributed by atoms with E-state index in [9.17, 15) is 0 Å². The molecule has 0 spiro atoms. The molecule has 45 valence electrons. The third kappa shape index (κ3) is 2.68. The van der Waals surface area contributed by atoms with Gasteiger partial charge in [0.15, 0.2) is 0 Å². The van der Waals surface area contributed by atoms with Crippen molar-refractivity contribution in [1.29, 1.82) is 0 Å². The fraction of sp³-hybridized carbons (Fsp3) is 0.143. The zero-order valence-corrected chi connectivity index (χ0v) is 6.78. The molecular formula is C7H7OTi. The van der Waals surface area contributed by atoms with Gasteiger partial charge in [0.05, 0.1) is 7.11 Å². The van der Waals surface area contributed by atoms with Crippen LogP contribution in [0.4, 0.5) is 0 Å². The summed E-state index contributed by atoms with van der Waals surface area (Å²) in [5.41, 5.74) is 0. The van der Waals surface area contributed by atoms with E-state index in [2.05, 4.69) is 6.07 Å². The summed E-state index contributed by atoms with van der Waals surface area (Å²) >= 11 is 0. The van der Waals surface area contributed by atoms with Crippen molar-refractivity contribution in [3.63, 3.8) is 0 Å². The van der Waals surface area contributed by atoms with Crippen LogP contribution in [0.15, 0.2) is 24.3 Å². The Hall–Kier alpha value is -0.266. The normalized spacial score (nSPS) is 7.67. The molecule has 0 fully saturated rings. The molecule has 0 bridgehead atoms. The van der Waals surface area contributed by atoms with Crippen LogP contribution in [0.2, 0.25) is 0 Å². The minimum atomic E-state index is 0. The number of ether oxygens (including phenoxy) is 1. The van der Waals surface area contributed by atoms with Gasteiger partial charge in [-0.3, -0.25) is 0 Å². The summed E-state index contributed by atoms with van der Waals surface area (Å²) in [7, 11) is 1.64. The molecule has 1 rings (SSSR count). The Morgan fingerprint density at radius 1 is 1.56 bits per heavy atom. The van der Waals surface area contributed by atoms with Crippen LogP contribution in [0.25, 0.3) is 0 Å². The second-order valence-corrected chi connectivity index (χ2v) is 1.44. The fourth-order valence-corrected chi connectivity index (χ4v) is 0.504. The van der Waals surface area contributed by atoms with E-state index in [1.54, 1.807) is 13.2 Å². The number of benzene rings is 1. The summed E-state index contributed by atoms with van der Waals surface area (Å²) in [5.74, 6) is 0.854. The Morgan fingerprint density at radius 3 is 2.67 bits per heavy atom. The molecule has 0 heterocycles. The second-order valence-electron chi connectivity index (χ2n) is 1.44. The zero-order valence-electron chi connectivity index (χ0n) is 5.22. The van der Waals surface area contributed by atoms with Crippen LogP contribution in [-0.2, 0) is 21.7 Å². The van der Waals surface area contributed by atoms with Crippen molar-refractivity contribution >= 4 is 0 Å². The molecule has 1 aromatic rings. The average molecular weight is 155 g/mol. The standard InChI is InChI=1S/C7H7O.Ti/c1-8-7-5-3-2-4-6-7;/h2-3,5-6H,1H3;. The third-order valence-electron chi connectivity index (χ3n) is 0.914. The van der Waals surface area contributed by atoms with Crippen LogP contribution in [0, 0.1) is 6.07 Å². The summed E-state index contributed by atoms with van der Waals surface area (Å²) in [6.07, 6.45) is 0. The molecule has 0 aliphatic rings. The molecule has 0 aromatic heterocycles. The molecule has 9 heavy (non-hydrogen) atoms. The topological polar surface area (TPSA) is 9.23 Å². The molecule has 0 atom stereocenters. The predicted molar refractivity (Wildman–Crippen MR) is 31.8 cm³/mol. The molecule has 0 amide bonds. The van der Waals surface area contributed by atoms with Crippen LogP contribution < -0.4 is 4.74 Å². The Balaban J connectivity index is 0.000000640. The predicted octanol–water partition coefficient (Wildman–Crippen LogP) is 1.49. The second kappa shape index (κ2) is 4.60. The smallest absolute Gasteiger partial charge is 0.119 e. The van der Waals surface area contributed by atoms with Gasteiger partial charge in [-0.05, 0) is 18.2 Å². The average Bonchev–Trinajstić information content (AvgIpc) is 1.90. The molecule has 1 nitrogen and oxygen atoms in total. The van der Waals surface area contributed by atoms with Gasteiger partial charge in [0.2, 0.25) is 0 Å². The minimum absolute atomic E-state index is 0. The maximum absolute atomic E-state index is 4.88. The Kier molecular flexibility index (Phi) is 4.46. The molecular weight excluding hydrogens is 148 g/mol. The quantitative estimate of drug-likeness (QED) is 0.558. The van der Waals surface area contributed by atoms with Crippen molar-refractivity contribution < 1.29 is 26.5 Å². The SMILES string of the molecule is COc1c[c]ccc1.[Ti]. The Morgan fingerprint density at radius 2 is 2.33 bits per heavy atom. The summed E-state index contributed by atoms with van der Waals surface area (Å²) in [5, 5.41) is 0. The first-order valence-electron chi connectivity index (χ1n) is 2.43. The van der Waals surface area contributed by atoms with Gasteiger partial charge in [-0.2, -0.15) is 0 Å². The van der Waals surface area contributed by atoms with Crippen LogP contribution in [0.1, 0.15) is 0 Å². The minimum Gasteiger partial charge on any atom is -0.497 e. The van der Waals surface area contributed by atoms with E-state index >= 15 is 0 Å². The molecule has 0 aliphatic heterocycles. The maximum Gasteiger partial charge on any atom is 0.119 e. The largest absolute Gasteiger partial charge is 0.497 e. The van der Waals surface area contributed by atoms with E-state index < -0.39 is 0 Å². The van der Waals surface area contributed by atoms with Gasteiger partial charge in [-0.1, -0.05) is 12.1 Å². The zero-order chi connectivity index (χ0) is 5.82. The molecule has 0 saturated heterocycles.